The fourth-order valence-electron chi connectivity index (χ4n) is 3.26. The topological polar surface area (TPSA) is 72.9 Å². The maximum atomic E-state index is 6.02. The lowest BCUT2D eigenvalue weighted by Gasteiger charge is -2.27. The van der Waals surface area contributed by atoms with Crippen molar-refractivity contribution < 1.29 is 4.52 Å². The molecule has 0 unspecified atom stereocenters. The van der Waals surface area contributed by atoms with Gasteiger partial charge < -0.3 is 9.42 Å². The normalized spacial score (nSPS) is 16.2. The maximum absolute atomic E-state index is 6.02. The molecule has 1 aliphatic rings. The van der Waals surface area contributed by atoms with E-state index in [1.54, 1.807) is 4.68 Å². The van der Waals surface area contributed by atoms with Gasteiger partial charge in [-0.05, 0) is 56.6 Å². The number of piperidine rings is 1. The smallest absolute Gasteiger partial charge is 0.280 e. The minimum absolute atomic E-state index is 0.422. The van der Waals surface area contributed by atoms with E-state index in [0.717, 1.165) is 30.9 Å². The summed E-state index contributed by atoms with van der Waals surface area (Å²) in [6.45, 7) is 2.85. The van der Waals surface area contributed by atoms with Crippen LogP contribution in [0.4, 0.5) is 0 Å². The zero-order valence-electron chi connectivity index (χ0n) is 14.7. The number of hydrogen-bond acceptors (Lipinski definition) is 6. The van der Waals surface area contributed by atoms with Crippen LogP contribution < -0.4 is 0 Å². The molecule has 26 heavy (non-hydrogen) atoms. The Morgan fingerprint density at radius 1 is 1.27 bits per heavy atom. The quantitative estimate of drug-likeness (QED) is 0.685. The second kappa shape index (κ2) is 7.55. The van der Waals surface area contributed by atoms with Gasteiger partial charge in [0.2, 0.25) is 0 Å². The zero-order chi connectivity index (χ0) is 17.9. The van der Waals surface area contributed by atoms with Crippen LogP contribution >= 0.6 is 11.6 Å². The molecule has 0 aliphatic carbocycles. The summed E-state index contributed by atoms with van der Waals surface area (Å²) >= 11 is 6.02. The van der Waals surface area contributed by atoms with Gasteiger partial charge in [0.1, 0.15) is 0 Å². The van der Waals surface area contributed by atoms with Crippen molar-refractivity contribution in [3.63, 3.8) is 0 Å². The molecule has 4 rings (SSSR count). The summed E-state index contributed by atoms with van der Waals surface area (Å²) in [5.41, 5.74) is 1.65. The molecule has 7 nitrogen and oxygen atoms in total. The van der Waals surface area contributed by atoms with E-state index >= 15 is 0 Å². The van der Waals surface area contributed by atoms with Gasteiger partial charge in [-0.1, -0.05) is 34.1 Å². The van der Waals surface area contributed by atoms with Crippen LogP contribution in [0.15, 0.2) is 35.0 Å². The lowest BCUT2D eigenvalue weighted by Crippen LogP contribution is -2.31. The molecule has 1 aromatic carbocycles. The minimum Gasteiger partial charge on any atom is -0.332 e. The van der Waals surface area contributed by atoms with Crippen LogP contribution in [0, 0.1) is 5.92 Å². The Morgan fingerprint density at radius 3 is 2.92 bits per heavy atom. The van der Waals surface area contributed by atoms with Crippen molar-refractivity contribution >= 4 is 11.6 Å². The number of rotatable bonds is 5. The summed E-state index contributed by atoms with van der Waals surface area (Å²) in [5, 5.41) is 13.1. The van der Waals surface area contributed by atoms with Gasteiger partial charge in [0, 0.05) is 11.4 Å². The third-order valence-corrected chi connectivity index (χ3v) is 5.00. The van der Waals surface area contributed by atoms with E-state index in [1.165, 1.54) is 12.8 Å². The Bertz CT molecular complexity index is 868. The molecule has 1 fully saturated rings. The predicted molar refractivity (Wildman–Crippen MR) is 97.8 cm³/mol. The monoisotopic (exact) mass is 372 g/mol. The molecule has 0 radical (unpaired) electrons. The van der Waals surface area contributed by atoms with Gasteiger partial charge in [-0.3, -0.25) is 0 Å². The van der Waals surface area contributed by atoms with Crippen molar-refractivity contribution in [2.75, 3.05) is 20.1 Å². The highest BCUT2D eigenvalue weighted by Crippen LogP contribution is 2.21. The number of aromatic nitrogens is 5. The predicted octanol–water partition coefficient (Wildman–Crippen LogP) is 2.91. The van der Waals surface area contributed by atoms with Crippen molar-refractivity contribution in [1.82, 2.24) is 30.0 Å². The summed E-state index contributed by atoms with van der Waals surface area (Å²) < 4.78 is 7.13. The van der Waals surface area contributed by atoms with Crippen molar-refractivity contribution in [3.8, 4) is 11.6 Å². The largest absolute Gasteiger partial charge is 0.332 e. The van der Waals surface area contributed by atoms with Crippen LogP contribution in [0.5, 0.6) is 0 Å². The van der Waals surface area contributed by atoms with E-state index in [-0.39, 0.29) is 0 Å². The highest BCUT2D eigenvalue weighted by Gasteiger charge is 2.20. The van der Waals surface area contributed by atoms with Crippen LogP contribution in [0.2, 0.25) is 5.02 Å². The van der Waals surface area contributed by atoms with Crippen LogP contribution in [0.3, 0.4) is 0 Å². The SMILES string of the molecule is CN1CCC(Cc2noc(-c3cn(Cc4cccc(Cl)c4)nn3)n2)CC1. The van der Waals surface area contributed by atoms with E-state index in [0.29, 0.717) is 29.1 Å². The summed E-state index contributed by atoms with van der Waals surface area (Å²) in [5.74, 6) is 1.79. The molecule has 0 atom stereocenters. The van der Waals surface area contributed by atoms with Crippen molar-refractivity contribution in [3.05, 3.63) is 46.9 Å². The number of hydrogen-bond donors (Lipinski definition) is 0. The number of benzene rings is 1. The van der Waals surface area contributed by atoms with E-state index in [9.17, 15) is 0 Å². The molecule has 0 N–H and O–H groups in total. The molecule has 0 bridgehead atoms. The van der Waals surface area contributed by atoms with Crippen LogP contribution in [0.25, 0.3) is 11.6 Å². The summed E-state index contributed by atoms with van der Waals surface area (Å²) in [6.07, 6.45) is 5.02. The average molecular weight is 373 g/mol. The second-order valence-electron chi connectivity index (χ2n) is 6.90. The van der Waals surface area contributed by atoms with Crippen molar-refractivity contribution in [1.29, 1.82) is 0 Å². The molecular weight excluding hydrogens is 352 g/mol. The van der Waals surface area contributed by atoms with Gasteiger partial charge in [0.25, 0.3) is 5.89 Å². The molecule has 0 saturated carbocycles. The van der Waals surface area contributed by atoms with E-state index in [4.69, 9.17) is 16.1 Å². The molecule has 0 amide bonds. The van der Waals surface area contributed by atoms with Gasteiger partial charge in [-0.15, -0.1) is 5.10 Å². The van der Waals surface area contributed by atoms with Crippen molar-refractivity contribution in [2.45, 2.75) is 25.8 Å². The minimum atomic E-state index is 0.422. The Balaban J connectivity index is 1.41. The Labute approximate surface area is 157 Å². The maximum Gasteiger partial charge on any atom is 0.280 e. The highest BCUT2D eigenvalue weighted by molar-refractivity contribution is 6.30. The lowest BCUT2D eigenvalue weighted by molar-refractivity contribution is 0.216. The van der Waals surface area contributed by atoms with Crippen LogP contribution in [-0.4, -0.2) is 50.2 Å². The molecule has 1 aliphatic heterocycles. The van der Waals surface area contributed by atoms with Gasteiger partial charge in [0.05, 0.1) is 12.7 Å². The molecule has 3 heterocycles. The van der Waals surface area contributed by atoms with Gasteiger partial charge in [0.15, 0.2) is 11.5 Å². The fourth-order valence-corrected chi connectivity index (χ4v) is 3.47. The van der Waals surface area contributed by atoms with Crippen LogP contribution in [-0.2, 0) is 13.0 Å². The Hall–Kier alpha value is -2.25. The fraction of sp³-hybridized carbons (Fsp3) is 0.444. The molecule has 8 heteroatoms. The zero-order valence-corrected chi connectivity index (χ0v) is 15.4. The lowest BCUT2D eigenvalue weighted by atomic mass is 9.94. The Kier molecular flexibility index (Phi) is 4.99. The van der Waals surface area contributed by atoms with Gasteiger partial charge >= 0.3 is 0 Å². The summed E-state index contributed by atoms with van der Waals surface area (Å²) in [7, 11) is 2.16. The Morgan fingerprint density at radius 2 is 2.12 bits per heavy atom. The van der Waals surface area contributed by atoms with Gasteiger partial charge in [-0.25, -0.2) is 4.68 Å². The van der Waals surface area contributed by atoms with Gasteiger partial charge in [-0.2, -0.15) is 4.98 Å². The van der Waals surface area contributed by atoms with Crippen LogP contribution in [0.1, 0.15) is 24.2 Å². The van der Waals surface area contributed by atoms with Crippen molar-refractivity contribution in [2.24, 2.45) is 5.92 Å². The molecule has 2 aromatic heterocycles. The third-order valence-electron chi connectivity index (χ3n) is 4.77. The first-order valence-corrected chi connectivity index (χ1v) is 9.19. The average Bonchev–Trinajstić information content (AvgIpc) is 3.26. The third kappa shape index (κ3) is 4.11. The first kappa shape index (κ1) is 17.2. The first-order chi connectivity index (χ1) is 12.7. The molecule has 136 valence electrons. The standard InChI is InChI=1S/C18H21ClN6O/c1-24-7-5-13(6-8-24)10-17-20-18(26-22-17)16-12-25(23-21-16)11-14-3-2-4-15(19)9-14/h2-4,9,12-13H,5-8,10-11H2,1H3. The second-order valence-corrected chi connectivity index (χ2v) is 7.33. The van der Waals surface area contributed by atoms with E-state index in [1.807, 2.05) is 30.5 Å². The first-order valence-electron chi connectivity index (χ1n) is 8.82. The number of halogens is 1. The highest BCUT2D eigenvalue weighted by atomic mass is 35.5. The summed E-state index contributed by atoms with van der Waals surface area (Å²) in [6, 6.07) is 7.68. The molecule has 0 spiro atoms. The summed E-state index contributed by atoms with van der Waals surface area (Å²) in [4.78, 5) is 6.86. The van der Waals surface area contributed by atoms with E-state index in [2.05, 4.69) is 32.4 Å². The molecular formula is C18H21ClN6O. The van der Waals surface area contributed by atoms with E-state index < -0.39 is 0 Å². The molecule has 3 aromatic rings. The molecule has 1 saturated heterocycles. The number of nitrogens with zero attached hydrogens (tertiary/aromatic N) is 6. The number of likely N-dealkylation sites (tertiary alicyclic amines) is 1.